The summed E-state index contributed by atoms with van der Waals surface area (Å²) in [4.78, 5) is 12.4. The summed E-state index contributed by atoms with van der Waals surface area (Å²) in [7, 11) is 0. The van der Waals surface area contributed by atoms with Crippen molar-refractivity contribution in [1.82, 2.24) is 5.32 Å². The van der Waals surface area contributed by atoms with Crippen molar-refractivity contribution in [3.05, 3.63) is 66.2 Å². The van der Waals surface area contributed by atoms with E-state index in [-0.39, 0.29) is 11.9 Å². The molecule has 0 unspecified atom stereocenters. The lowest BCUT2D eigenvalue weighted by atomic mass is 10.1. The number of aryl methyl sites for hydroxylation is 1. The van der Waals surface area contributed by atoms with Gasteiger partial charge in [-0.05, 0) is 43.9 Å². The van der Waals surface area contributed by atoms with E-state index >= 15 is 0 Å². The number of hydrogen-bond acceptors (Lipinski definition) is 2. The predicted octanol–water partition coefficient (Wildman–Crippen LogP) is 3.98. The molecule has 0 heterocycles. The maximum Gasteiger partial charge on any atom is 0.261 e. The van der Waals surface area contributed by atoms with Crippen molar-refractivity contribution in [2.75, 3.05) is 0 Å². The van der Waals surface area contributed by atoms with E-state index in [0.717, 1.165) is 18.6 Å². The second-order valence-electron chi connectivity index (χ2n) is 5.76. The van der Waals surface area contributed by atoms with E-state index in [9.17, 15) is 4.79 Å². The van der Waals surface area contributed by atoms with E-state index in [0.29, 0.717) is 6.42 Å². The number of ether oxygens (including phenoxy) is 1. The van der Waals surface area contributed by atoms with Crippen molar-refractivity contribution < 1.29 is 9.53 Å². The van der Waals surface area contributed by atoms with Crippen LogP contribution >= 0.6 is 0 Å². The molecular formula is C20H25NO2. The number of carbonyl (C=O) groups is 1. The second-order valence-corrected chi connectivity index (χ2v) is 5.76. The van der Waals surface area contributed by atoms with Gasteiger partial charge in [0.1, 0.15) is 5.75 Å². The van der Waals surface area contributed by atoms with Gasteiger partial charge >= 0.3 is 0 Å². The molecule has 2 atom stereocenters. The van der Waals surface area contributed by atoms with Crippen molar-refractivity contribution in [1.29, 1.82) is 0 Å². The SMILES string of the molecule is CC[C@H](Oc1ccccc1)C(=O)N[C@H](C)CCc1ccccc1. The summed E-state index contributed by atoms with van der Waals surface area (Å²) in [6, 6.07) is 19.9. The summed E-state index contributed by atoms with van der Waals surface area (Å²) >= 11 is 0. The van der Waals surface area contributed by atoms with Gasteiger partial charge in [0.2, 0.25) is 0 Å². The zero-order valence-electron chi connectivity index (χ0n) is 13.9. The van der Waals surface area contributed by atoms with E-state index in [1.807, 2.05) is 62.4 Å². The predicted molar refractivity (Wildman–Crippen MR) is 93.5 cm³/mol. The van der Waals surface area contributed by atoms with Crippen LogP contribution in [-0.2, 0) is 11.2 Å². The fraction of sp³-hybridized carbons (Fsp3) is 0.350. The molecule has 0 aliphatic rings. The molecule has 0 aliphatic carbocycles. The van der Waals surface area contributed by atoms with Gasteiger partial charge in [0.15, 0.2) is 6.10 Å². The lowest BCUT2D eigenvalue weighted by Crippen LogP contribution is -2.42. The Morgan fingerprint density at radius 2 is 1.65 bits per heavy atom. The molecule has 0 saturated heterocycles. The van der Waals surface area contributed by atoms with Crippen molar-refractivity contribution in [2.45, 2.75) is 45.3 Å². The molecule has 0 radical (unpaired) electrons. The van der Waals surface area contributed by atoms with Crippen molar-refractivity contribution in [3.63, 3.8) is 0 Å². The maximum absolute atomic E-state index is 12.4. The normalized spacial score (nSPS) is 13.1. The number of para-hydroxylation sites is 1. The molecule has 0 bridgehead atoms. The topological polar surface area (TPSA) is 38.3 Å². The third-order valence-electron chi connectivity index (χ3n) is 3.78. The quantitative estimate of drug-likeness (QED) is 0.801. The number of rotatable bonds is 8. The first-order chi connectivity index (χ1) is 11.2. The molecular weight excluding hydrogens is 286 g/mol. The van der Waals surface area contributed by atoms with E-state index in [1.165, 1.54) is 5.56 Å². The minimum Gasteiger partial charge on any atom is -0.481 e. The average Bonchev–Trinajstić information content (AvgIpc) is 2.59. The number of amides is 1. The summed E-state index contributed by atoms with van der Waals surface area (Å²) < 4.78 is 5.78. The molecule has 122 valence electrons. The molecule has 3 heteroatoms. The number of carbonyl (C=O) groups excluding carboxylic acids is 1. The van der Waals surface area contributed by atoms with Crippen LogP contribution in [0, 0.1) is 0 Å². The molecule has 2 rings (SSSR count). The minimum absolute atomic E-state index is 0.0445. The second kappa shape index (κ2) is 8.99. The van der Waals surface area contributed by atoms with Crippen LogP contribution in [0.4, 0.5) is 0 Å². The Kier molecular flexibility index (Phi) is 6.67. The largest absolute Gasteiger partial charge is 0.481 e. The average molecular weight is 311 g/mol. The first-order valence-corrected chi connectivity index (χ1v) is 8.25. The van der Waals surface area contributed by atoms with Gasteiger partial charge in [-0.2, -0.15) is 0 Å². The summed E-state index contributed by atoms with van der Waals surface area (Å²) in [6.45, 7) is 4.00. The molecule has 1 N–H and O–H groups in total. The highest BCUT2D eigenvalue weighted by Gasteiger charge is 2.19. The maximum atomic E-state index is 12.4. The van der Waals surface area contributed by atoms with Crippen LogP contribution in [-0.4, -0.2) is 18.1 Å². The van der Waals surface area contributed by atoms with Crippen molar-refractivity contribution in [3.8, 4) is 5.75 Å². The Labute approximate surface area is 138 Å². The fourth-order valence-electron chi connectivity index (χ4n) is 2.42. The highest BCUT2D eigenvalue weighted by molar-refractivity contribution is 5.81. The zero-order chi connectivity index (χ0) is 16.5. The van der Waals surface area contributed by atoms with E-state index < -0.39 is 6.10 Å². The molecule has 2 aromatic rings. The van der Waals surface area contributed by atoms with Crippen LogP contribution in [0.5, 0.6) is 5.75 Å². The van der Waals surface area contributed by atoms with Crippen LogP contribution in [0.1, 0.15) is 32.3 Å². The van der Waals surface area contributed by atoms with Gasteiger partial charge in [-0.25, -0.2) is 0 Å². The summed E-state index contributed by atoms with van der Waals surface area (Å²) in [6.07, 6.45) is 2.07. The summed E-state index contributed by atoms with van der Waals surface area (Å²) in [5.41, 5.74) is 1.29. The standard InChI is InChI=1S/C20H25NO2/c1-3-19(23-18-12-8-5-9-13-18)20(22)21-16(2)14-15-17-10-6-4-7-11-17/h4-13,16,19H,3,14-15H2,1-2H3,(H,21,22)/t16-,19+/m1/s1. The Morgan fingerprint density at radius 1 is 1.04 bits per heavy atom. The molecule has 3 nitrogen and oxygen atoms in total. The molecule has 0 saturated carbocycles. The first kappa shape index (κ1) is 17.1. The van der Waals surface area contributed by atoms with Crippen LogP contribution in [0.2, 0.25) is 0 Å². The monoisotopic (exact) mass is 311 g/mol. The number of nitrogens with one attached hydrogen (secondary N) is 1. The van der Waals surface area contributed by atoms with Gasteiger partial charge in [0.25, 0.3) is 5.91 Å². The van der Waals surface area contributed by atoms with E-state index in [1.54, 1.807) is 0 Å². The van der Waals surface area contributed by atoms with Gasteiger partial charge in [0.05, 0.1) is 0 Å². The lowest BCUT2D eigenvalue weighted by molar-refractivity contribution is -0.128. The third kappa shape index (κ3) is 5.78. The Hall–Kier alpha value is -2.29. The van der Waals surface area contributed by atoms with Crippen molar-refractivity contribution in [2.24, 2.45) is 0 Å². The van der Waals surface area contributed by atoms with Crippen molar-refractivity contribution >= 4 is 5.91 Å². The smallest absolute Gasteiger partial charge is 0.261 e. The van der Waals surface area contributed by atoms with Crippen LogP contribution < -0.4 is 10.1 Å². The molecule has 23 heavy (non-hydrogen) atoms. The van der Waals surface area contributed by atoms with E-state index in [4.69, 9.17) is 4.74 Å². The van der Waals surface area contributed by atoms with E-state index in [2.05, 4.69) is 17.4 Å². The number of benzene rings is 2. The van der Waals surface area contributed by atoms with Gasteiger partial charge in [-0.3, -0.25) is 4.79 Å². The fourth-order valence-corrected chi connectivity index (χ4v) is 2.42. The Bertz CT molecular complexity index is 583. The lowest BCUT2D eigenvalue weighted by Gasteiger charge is -2.20. The van der Waals surface area contributed by atoms with Crippen LogP contribution in [0.3, 0.4) is 0 Å². The zero-order valence-corrected chi connectivity index (χ0v) is 13.9. The molecule has 0 aromatic heterocycles. The first-order valence-electron chi connectivity index (χ1n) is 8.25. The Morgan fingerprint density at radius 3 is 2.26 bits per heavy atom. The van der Waals surface area contributed by atoms with Gasteiger partial charge in [-0.1, -0.05) is 55.5 Å². The van der Waals surface area contributed by atoms with Gasteiger partial charge in [0, 0.05) is 6.04 Å². The minimum atomic E-state index is -0.448. The highest BCUT2D eigenvalue weighted by Crippen LogP contribution is 2.13. The highest BCUT2D eigenvalue weighted by atomic mass is 16.5. The molecule has 0 aliphatic heterocycles. The van der Waals surface area contributed by atoms with Crippen LogP contribution in [0.25, 0.3) is 0 Å². The molecule has 0 fully saturated rings. The van der Waals surface area contributed by atoms with Gasteiger partial charge < -0.3 is 10.1 Å². The summed E-state index contributed by atoms with van der Waals surface area (Å²) in [5, 5.41) is 3.06. The third-order valence-corrected chi connectivity index (χ3v) is 3.78. The molecule has 0 spiro atoms. The van der Waals surface area contributed by atoms with Crippen LogP contribution in [0.15, 0.2) is 60.7 Å². The molecule has 1 amide bonds. The summed E-state index contributed by atoms with van der Waals surface area (Å²) in [5.74, 6) is 0.684. The van der Waals surface area contributed by atoms with Gasteiger partial charge in [-0.15, -0.1) is 0 Å². The Balaban J connectivity index is 1.81. The number of hydrogen-bond donors (Lipinski definition) is 1. The molecule has 2 aromatic carbocycles.